The average molecular weight is 420 g/mol. The molecule has 2 fully saturated rings. The number of aromatic amines is 1. The highest BCUT2D eigenvalue weighted by Crippen LogP contribution is 2.50. The van der Waals surface area contributed by atoms with Crippen molar-refractivity contribution < 1.29 is 0 Å². The van der Waals surface area contributed by atoms with Gasteiger partial charge in [0.1, 0.15) is 11.2 Å². The number of aryl methyl sites for hydroxylation is 2. The van der Waals surface area contributed by atoms with Crippen LogP contribution in [0.25, 0.3) is 27.1 Å². The lowest BCUT2D eigenvalue weighted by molar-refractivity contribution is 0.494. The van der Waals surface area contributed by atoms with Crippen LogP contribution in [0.4, 0.5) is 0 Å². The lowest BCUT2D eigenvalue weighted by Gasteiger charge is -2.13. The zero-order valence-electron chi connectivity index (χ0n) is 18.1. The van der Waals surface area contributed by atoms with Crippen LogP contribution in [-0.4, -0.2) is 32.7 Å². The van der Waals surface area contributed by atoms with E-state index in [-0.39, 0.29) is 0 Å². The summed E-state index contributed by atoms with van der Waals surface area (Å²) in [6, 6.07) is 2.24. The van der Waals surface area contributed by atoms with E-state index in [0.29, 0.717) is 5.92 Å². The lowest BCUT2D eigenvalue weighted by Crippen LogP contribution is -2.11. The molecule has 0 spiro atoms. The number of hydrogen-bond donors (Lipinski definition) is 2. The van der Waals surface area contributed by atoms with Crippen molar-refractivity contribution >= 4 is 27.2 Å². The molecule has 4 aromatic heterocycles. The lowest BCUT2D eigenvalue weighted by atomic mass is 9.93. The van der Waals surface area contributed by atoms with Crippen LogP contribution in [0, 0.1) is 25.7 Å². The molecule has 2 N–H and O–H groups in total. The van der Waals surface area contributed by atoms with Gasteiger partial charge in [0.2, 0.25) is 0 Å². The zero-order chi connectivity index (χ0) is 20.6. The Bertz CT molecular complexity index is 1250. The van der Waals surface area contributed by atoms with Crippen molar-refractivity contribution in [3.63, 3.8) is 0 Å². The number of nitrogens with zero attached hydrogens (tertiary/aromatic N) is 3. The summed E-state index contributed by atoms with van der Waals surface area (Å²) in [4.78, 5) is 11.2. The summed E-state index contributed by atoms with van der Waals surface area (Å²) < 4.78 is 1.90. The smallest absolute Gasteiger partial charge is 0.158 e. The molecule has 0 amide bonds. The fourth-order valence-electron chi connectivity index (χ4n) is 6.05. The topological polar surface area (TPSA) is 58.0 Å². The van der Waals surface area contributed by atoms with E-state index < -0.39 is 0 Å². The number of fused-ring (bicyclic) bond motifs is 3. The highest BCUT2D eigenvalue weighted by molar-refractivity contribution is 7.19. The predicted octanol–water partition coefficient (Wildman–Crippen LogP) is 5.39. The van der Waals surface area contributed by atoms with Gasteiger partial charge in [0.25, 0.3) is 0 Å². The fourth-order valence-corrected chi connectivity index (χ4v) is 7.41. The van der Waals surface area contributed by atoms with E-state index in [1.165, 1.54) is 58.5 Å². The number of H-pyrrole nitrogens is 1. The second-order valence-corrected chi connectivity index (χ2v) is 10.7. The number of aromatic nitrogens is 4. The first-order chi connectivity index (χ1) is 14.5. The number of thiophene rings is 1. The minimum Gasteiger partial charge on any atom is -0.346 e. The van der Waals surface area contributed by atoms with Crippen molar-refractivity contribution in [3.05, 3.63) is 40.2 Å². The van der Waals surface area contributed by atoms with E-state index in [9.17, 15) is 0 Å². The first-order valence-corrected chi connectivity index (χ1v) is 12.0. The number of rotatable bonds is 3. The molecule has 0 radical (unpaired) electrons. The van der Waals surface area contributed by atoms with Gasteiger partial charge in [-0.15, -0.1) is 11.3 Å². The Morgan fingerprint density at radius 3 is 2.67 bits per heavy atom. The molecule has 1 aliphatic heterocycles. The number of pyridine rings is 1. The zero-order valence-corrected chi connectivity index (χ0v) is 18.9. The molecule has 4 aromatic rings. The number of nitrogens with one attached hydrogen (secondary N) is 2. The first-order valence-electron chi connectivity index (χ1n) is 11.2. The molecule has 1 saturated carbocycles. The van der Waals surface area contributed by atoms with E-state index >= 15 is 0 Å². The van der Waals surface area contributed by atoms with Crippen molar-refractivity contribution in [1.82, 2.24) is 24.9 Å². The second kappa shape index (κ2) is 6.66. The molecule has 2 unspecified atom stereocenters. The van der Waals surface area contributed by atoms with Gasteiger partial charge >= 0.3 is 0 Å². The normalized spacial score (nSPS) is 24.0. The molecule has 0 aromatic carbocycles. The molecule has 2 atom stereocenters. The Hall–Kier alpha value is -2.18. The van der Waals surface area contributed by atoms with Gasteiger partial charge in [-0.3, -0.25) is 0 Å². The Balaban J connectivity index is 1.48. The molecule has 6 heteroatoms. The third kappa shape index (κ3) is 2.63. The highest BCUT2D eigenvalue weighted by Gasteiger charge is 2.39. The van der Waals surface area contributed by atoms with Crippen LogP contribution in [0.5, 0.6) is 0 Å². The predicted molar refractivity (Wildman–Crippen MR) is 124 cm³/mol. The Morgan fingerprint density at radius 1 is 1.17 bits per heavy atom. The van der Waals surface area contributed by atoms with Crippen LogP contribution in [0.2, 0.25) is 0 Å². The molecular weight excluding hydrogens is 390 g/mol. The third-order valence-electron chi connectivity index (χ3n) is 7.41. The van der Waals surface area contributed by atoms with E-state index in [1.807, 2.05) is 15.9 Å². The summed E-state index contributed by atoms with van der Waals surface area (Å²) in [5.74, 6) is 2.96. The monoisotopic (exact) mass is 419 g/mol. The minimum absolute atomic E-state index is 0.453. The largest absolute Gasteiger partial charge is 0.346 e. The van der Waals surface area contributed by atoms with Crippen LogP contribution >= 0.6 is 11.3 Å². The molecule has 5 heterocycles. The van der Waals surface area contributed by atoms with Crippen molar-refractivity contribution in [3.8, 4) is 11.3 Å². The van der Waals surface area contributed by atoms with Gasteiger partial charge < -0.3 is 10.3 Å². The van der Waals surface area contributed by atoms with E-state index in [2.05, 4.69) is 60.3 Å². The third-order valence-corrected chi connectivity index (χ3v) is 8.78. The molecular formula is C24H29N5S. The van der Waals surface area contributed by atoms with Gasteiger partial charge in [0.05, 0.1) is 5.69 Å². The van der Waals surface area contributed by atoms with Gasteiger partial charge in [-0.25, -0.2) is 9.50 Å². The second-order valence-electron chi connectivity index (χ2n) is 9.65. The molecule has 30 heavy (non-hydrogen) atoms. The Labute approximate surface area is 180 Å². The van der Waals surface area contributed by atoms with Crippen molar-refractivity contribution in [2.24, 2.45) is 11.8 Å². The van der Waals surface area contributed by atoms with Crippen LogP contribution in [0.15, 0.2) is 18.6 Å². The summed E-state index contributed by atoms with van der Waals surface area (Å²) in [6.45, 7) is 11.5. The summed E-state index contributed by atoms with van der Waals surface area (Å²) >= 11 is 2.01. The molecule has 156 valence electrons. The van der Waals surface area contributed by atoms with Crippen molar-refractivity contribution in [1.29, 1.82) is 0 Å². The molecule has 5 nitrogen and oxygen atoms in total. The van der Waals surface area contributed by atoms with E-state index in [0.717, 1.165) is 29.0 Å². The molecule has 2 aliphatic rings. The highest BCUT2D eigenvalue weighted by atomic mass is 32.1. The number of hydrogen-bond acceptors (Lipinski definition) is 4. The Morgan fingerprint density at radius 2 is 1.93 bits per heavy atom. The maximum atomic E-state index is 4.38. The first kappa shape index (κ1) is 18.6. The van der Waals surface area contributed by atoms with Crippen molar-refractivity contribution in [2.75, 3.05) is 13.1 Å². The van der Waals surface area contributed by atoms with E-state index in [4.69, 9.17) is 0 Å². The van der Waals surface area contributed by atoms with Crippen LogP contribution in [-0.2, 0) is 0 Å². The molecule has 6 rings (SSSR count). The summed E-state index contributed by atoms with van der Waals surface area (Å²) in [7, 11) is 0. The van der Waals surface area contributed by atoms with Crippen LogP contribution in [0.1, 0.15) is 60.1 Å². The summed E-state index contributed by atoms with van der Waals surface area (Å²) in [6.07, 6.45) is 6.45. The molecule has 0 bridgehead atoms. The minimum atomic E-state index is 0.453. The standard InChI is InChI=1S/C24H29N5S/c1-12(2)19-20-14(4)22(15-6-16-8-25-9-17(16)7-15)30-24(20)28-21(19)18-5-13(3)23-26-11-27-29(23)10-18/h5,10-12,15-17,25,28H,6-9H2,1-4H3. The van der Waals surface area contributed by atoms with Crippen LogP contribution in [0.3, 0.4) is 0 Å². The van der Waals surface area contributed by atoms with Gasteiger partial charge in [0.15, 0.2) is 5.65 Å². The molecule has 1 aliphatic carbocycles. The van der Waals surface area contributed by atoms with Crippen molar-refractivity contribution in [2.45, 2.75) is 52.4 Å². The Kier molecular flexibility index (Phi) is 4.12. The van der Waals surface area contributed by atoms with Gasteiger partial charge in [-0.05, 0) is 86.2 Å². The van der Waals surface area contributed by atoms with Gasteiger partial charge in [-0.1, -0.05) is 13.8 Å². The quantitative estimate of drug-likeness (QED) is 0.468. The fraction of sp³-hybridized carbons (Fsp3) is 0.500. The average Bonchev–Trinajstić information content (AvgIpc) is 3.47. The van der Waals surface area contributed by atoms with Crippen LogP contribution < -0.4 is 5.32 Å². The summed E-state index contributed by atoms with van der Waals surface area (Å²) in [5, 5.41) is 9.43. The maximum absolute atomic E-state index is 4.38. The van der Waals surface area contributed by atoms with Gasteiger partial charge in [-0.2, -0.15) is 5.10 Å². The van der Waals surface area contributed by atoms with Gasteiger partial charge in [0, 0.05) is 22.0 Å². The molecule has 1 saturated heterocycles. The SMILES string of the molecule is Cc1c(C2CC3CNCC3C2)sc2[nH]c(-c3cc(C)c4ncnn4c3)c(C(C)C)c12. The maximum Gasteiger partial charge on any atom is 0.158 e. The summed E-state index contributed by atoms with van der Waals surface area (Å²) in [5.41, 5.74) is 7.48. The van der Waals surface area contributed by atoms with E-state index in [1.54, 1.807) is 11.2 Å².